The lowest BCUT2D eigenvalue weighted by Crippen LogP contribution is -2.24. The van der Waals surface area contributed by atoms with Gasteiger partial charge in [0.25, 0.3) is 0 Å². The third-order valence-corrected chi connectivity index (χ3v) is 17.8. The van der Waals surface area contributed by atoms with E-state index in [1.807, 2.05) is 22.7 Å². The molecule has 0 radical (unpaired) electrons. The van der Waals surface area contributed by atoms with Crippen LogP contribution in [0.25, 0.3) is 74.1 Å². The number of anilines is 10. The number of rotatable bonds is 4. The van der Waals surface area contributed by atoms with Crippen molar-refractivity contribution in [3.05, 3.63) is 205 Å². The lowest BCUT2D eigenvalue weighted by Gasteiger charge is -2.39. The lowest BCUT2D eigenvalue weighted by atomic mass is 9.82. The molecule has 0 spiro atoms. The first-order valence-electron chi connectivity index (χ1n) is 24.5. The van der Waals surface area contributed by atoms with E-state index in [1.165, 1.54) is 132 Å². The molecule has 6 heteroatoms. The van der Waals surface area contributed by atoms with E-state index in [1.54, 1.807) is 10.4 Å². The maximum absolute atomic E-state index is 2.52. The molecule has 0 bridgehead atoms. The Hall–Kier alpha value is -7.90. The maximum Gasteiger partial charge on any atom is 0.0699 e. The van der Waals surface area contributed by atoms with Crippen molar-refractivity contribution in [3.8, 4) is 22.3 Å². The molecule has 3 aliphatic rings. The Morgan fingerprint density at radius 2 is 0.771 bits per heavy atom. The summed E-state index contributed by atoms with van der Waals surface area (Å²) in [6, 6.07) is 73.2. The van der Waals surface area contributed by atoms with Crippen LogP contribution in [0, 0.1) is 0 Å². The molecule has 0 atom stereocenters. The standard InChI is InChI=1S/C64H46N4S2/c1-65-49-21-5-9-25-53(49)67(54-26-10-6-22-50(54)65)39-33-35-41-47(37-39)61(45-19-15-31-59-63(45)43-17-3-13-29-57(43)69-59)42-36-34-40(68-55-27-11-7-23-51(55)66(2)52-24-8-12-28-56(52)68)38-48(42)62(41)46-20-16-32-60-64(46)44-18-4-14-30-58(44)70-60/h3,5-13,15-17,19-29,31-38H,4,14,18,30H2,1-2H3. The van der Waals surface area contributed by atoms with Gasteiger partial charge in [-0.3, -0.25) is 0 Å². The van der Waals surface area contributed by atoms with Crippen molar-refractivity contribution >= 4 is 131 Å². The molecule has 15 rings (SSSR count). The molecule has 2 aromatic heterocycles. The van der Waals surface area contributed by atoms with Crippen LogP contribution < -0.4 is 19.6 Å². The minimum Gasteiger partial charge on any atom is -0.341 e. The molecule has 1 aliphatic carbocycles. The van der Waals surface area contributed by atoms with E-state index in [0.29, 0.717) is 0 Å². The van der Waals surface area contributed by atoms with E-state index in [0.717, 1.165) is 24.2 Å². The predicted octanol–water partition coefficient (Wildman–Crippen LogP) is 18.9. The highest BCUT2D eigenvalue weighted by molar-refractivity contribution is 7.26. The van der Waals surface area contributed by atoms with E-state index in [4.69, 9.17) is 0 Å². The van der Waals surface area contributed by atoms with Gasteiger partial charge >= 0.3 is 0 Å². The first-order valence-corrected chi connectivity index (χ1v) is 26.1. The van der Waals surface area contributed by atoms with Gasteiger partial charge < -0.3 is 19.6 Å². The van der Waals surface area contributed by atoms with Gasteiger partial charge in [-0.1, -0.05) is 103 Å². The highest BCUT2D eigenvalue weighted by Crippen LogP contribution is 2.57. The zero-order valence-corrected chi connectivity index (χ0v) is 40.5. The fourth-order valence-electron chi connectivity index (χ4n) is 12.4. The van der Waals surface area contributed by atoms with Crippen LogP contribution in [0.15, 0.2) is 194 Å². The Kier molecular flexibility index (Phi) is 8.75. The minimum atomic E-state index is 1.13. The van der Waals surface area contributed by atoms with Gasteiger partial charge in [-0.15, -0.1) is 22.7 Å². The molecule has 0 fully saturated rings. The molecule has 0 saturated carbocycles. The summed E-state index contributed by atoms with van der Waals surface area (Å²) in [6.45, 7) is 0. The van der Waals surface area contributed by atoms with Gasteiger partial charge in [-0.05, 0) is 166 Å². The summed E-state index contributed by atoms with van der Waals surface area (Å²) in [6.07, 6.45) is 4.78. The number of thiophene rings is 2. The van der Waals surface area contributed by atoms with Gasteiger partial charge in [0.15, 0.2) is 0 Å². The lowest BCUT2D eigenvalue weighted by molar-refractivity contribution is 0.700. The average molecular weight is 935 g/mol. The summed E-state index contributed by atoms with van der Waals surface area (Å²) < 4.78 is 4.01. The molecule has 4 heterocycles. The van der Waals surface area contributed by atoms with E-state index < -0.39 is 0 Å². The zero-order valence-electron chi connectivity index (χ0n) is 38.9. The normalized spacial score (nSPS) is 14.1. The van der Waals surface area contributed by atoms with Crippen molar-refractivity contribution in [1.82, 2.24) is 0 Å². The van der Waals surface area contributed by atoms with Crippen LogP contribution >= 0.6 is 22.7 Å². The van der Waals surface area contributed by atoms with Gasteiger partial charge in [-0.2, -0.15) is 0 Å². The van der Waals surface area contributed by atoms with Crippen LogP contribution in [0.4, 0.5) is 56.9 Å². The quantitative estimate of drug-likeness (QED) is 0.163. The van der Waals surface area contributed by atoms with Crippen molar-refractivity contribution in [2.75, 3.05) is 33.7 Å². The van der Waals surface area contributed by atoms with Crippen LogP contribution in [0.2, 0.25) is 0 Å². The molecule has 10 aromatic carbocycles. The minimum absolute atomic E-state index is 1.13. The topological polar surface area (TPSA) is 13.0 Å². The second-order valence-corrected chi connectivity index (χ2v) is 21.3. The monoisotopic (exact) mass is 934 g/mol. The van der Waals surface area contributed by atoms with Gasteiger partial charge in [-0.25, -0.2) is 0 Å². The number of hydrogen-bond acceptors (Lipinski definition) is 6. The summed E-state index contributed by atoms with van der Waals surface area (Å²) in [5, 5.41) is 9.09. The smallest absolute Gasteiger partial charge is 0.0699 e. The Morgan fingerprint density at radius 3 is 1.30 bits per heavy atom. The molecule has 2 aliphatic heterocycles. The van der Waals surface area contributed by atoms with Crippen molar-refractivity contribution < 1.29 is 0 Å². The largest absolute Gasteiger partial charge is 0.341 e. The molecule has 0 unspecified atom stereocenters. The number of nitrogens with zero attached hydrogens (tertiary/aromatic N) is 4. The predicted molar refractivity (Wildman–Crippen MR) is 303 cm³/mol. The van der Waals surface area contributed by atoms with Gasteiger partial charge in [0.05, 0.1) is 45.5 Å². The summed E-state index contributed by atoms with van der Waals surface area (Å²) in [5.74, 6) is 0. The average Bonchev–Trinajstić information content (AvgIpc) is 4.00. The molecule has 334 valence electrons. The third-order valence-electron chi connectivity index (χ3n) is 15.5. The van der Waals surface area contributed by atoms with E-state index in [9.17, 15) is 0 Å². The molecular formula is C64H46N4S2. The Balaban J connectivity index is 1.11. The Bertz CT molecular complexity index is 4070. The highest BCUT2D eigenvalue weighted by Gasteiger charge is 2.31. The van der Waals surface area contributed by atoms with Gasteiger partial charge in [0.2, 0.25) is 0 Å². The van der Waals surface area contributed by atoms with E-state index >= 15 is 0 Å². The highest BCUT2D eigenvalue weighted by atomic mass is 32.1. The summed E-state index contributed by atoms with van der Waals surface area (Å²) in [5.41, 5.74) is 18.4. The number of hydrogen-bond donors (Lipinski definition) is 0. The van der Waals surface area contributed by atoms with Crippen LogP contribution in [-0.4, -0.2) is 14.1 Å². The van der Waals surface area contributed by atoms with Gasteiger partial charge in [0.1, 0.15) is 0 Å². The van der Waals surface area contributed by atoms with Crippen LogP contribution in [0.1, 0.15) is 23.3 Å². The van der Waals surface area contributed by atoms with Crippen LogP contribution in [0.5, 0.6) is 0 Å². The molecule has 0 amide bonds. The fraction of sp³-hybridized carbons (Fsp3) is 0.0938. The molecule has 70 heavy (non-hydrogen) atoms. The maximum atomic E-state index is 2.52. The van der Waals surface area contributed by atoms with Crippen molar-refractivity contribution in [2.24, 2.45) is 0 Å². The summed E-state index contributed by atoms with van der Waals surface area (Å²) in [7, 11) is 4.38. The first-order chi connectivity index (χ1) is 34.6. The third kappa shape index (κ3) is 5.69. The van der Waals surface area contributed by atoms with Crippen molar-refractivity contribution in [3.63, 3.8) is 0 Å². The van der Waals surface area contributed by atoms with Crippen LogP contribution in [-0.2, 0) is 12.8 Å². The van der Waals surface area contributed by atoms with Crippen LogP contribution in [0.3, 0.4) is 0 Å². The number of fused-ring (bicyclic) bond motifs is 12. The molecule has 12 aromatic rings. The van der Waals surface area contributed by atoms with Gasteiger partial charge in [0, 0.05) is 60.6 Å². The van der Waals surface area contributed by atoms with Crippen molar-refractivity contribution in [2.45, 2.75) is 25.7 Å². The number of para-hydroxylation sites is 8. The first kappa shape index (κ1) is 40.0. The van der Waals surface area contributed by atoms with E-state index in [-0.39, 0.29) is 0 Å². The number of aryl methyl sites for hydroxylation is 2. The second-order valence-electron chi connectivity index (χ2n) is 19.1. The van der Waals surface area contributed by atoms with Crippen molar-refractivity contribution in [1.29, 1.82) is 0 Å². The second kappa shape index (κ2) is 15.3. The molecular weight excluding hydrogens is 889 g/mol. The Morgan fingerprint density at radius 1 is 0.343 bits per heavy atom. The molecule has 4 nitrogen and oxygen atoms in total. The van der Waals surface area contributed by atoms with E-state index in [2.05, 4.69) is 228 Å². The number of benzene rings is 10. The summed E-state index contributed by atoms with van der Waals surface area (Å²) >= 11 is 3.91. The zero-order chi connectivity index (χ0) is 46.2. The SMILES string of the molecule is CN1c2ccccc2N(c2ccc3c(-c4cccc5sc6ccccc6c45)c4cc(N5c6ccccc6N(C)c6ccccc65)ccc4c(-c4cccc5sc6c(c45)CCCC6)c3c2)c2ccccc21. The Labute approximate surface area is 415 Å². The fourth-order valence-corrected chi connectivity index (χ4v) is 14.8. The molecule has 0 saturated heterocycles. The molecule has 0 N–H and O–H groups in total. The summed E-state index contributed by atoms with van der Waals surface area (Å²) in [4.78, 5) is 11.2.